The highest BCUT2D eigenvalue weighted by molar-refractivity contribution is 7.91. The monoisotopic (exact) mass is 276 g/mol. The number of aliphatic carboxylic acids is 1. The predicted molar refractivity (Wildman–Crippen MR) is 66.0 cm³/mol. The molecule has 1 unspecified atom stereocenters. The molecule has 0 aromatic heterocycles. The fourth-order valence-corrected chi connectivity index (χ4v) is 5.37. The van der Waals surface area contributed by atoms with Gasteiger partial charge in [0, 0.05) is 0 Å². The largest absolute Gasteiger partial charge is 0.481 e. The van der Waals surface area contributed by atoms with E-state index in [2.05, 4.69) is 0 Å². The molecule has 0 aromatic rings. The summed E-state index contributed by atoms with van der Waals surface area (Å²) in [7, 11) is -3.27. The first-order valence-electron chi connectivity index (χ1n) is 6.43. The second kappa shape index (κ2) is 4.49. The number of rotatable bonds is 3. The van der Waals surface area contributed by atoms with Gasteiger partial charge in [0.25, 0.3) is 0 Å². The summed E-state index contributed by atoms with van der Waals surface area (Å²) >= 11 is 0. The van der Waals surface area contributed by atoms with Crippen molar-refractivity contribution in [2.45, 2.75) is 50.5 Å². The summed E-state index contributed by atoms with van der Waals surface area (Å²) < 4.78 is 23.1. The third-order valence-electron chi connectivity index (χ3n) is 4.29. The van der Waals surface area contributed by atoms with Gasteiger partial charge < -0.3 is 10.2 Å². The van der Waals surface area contributed by atoms with Gasteiger partial charge in [0.15, 0.2) is 9.84 Å². The van der Waals surface area contributed by atoms with E-state index in [-0.39, 0.29) is 24.3 Å². The second-order valence-corrected chi connectivity index (χ2v) is 8.07. The first-order valence-corrected chi connectivity index (χ1v) is 8.25. The number of hydrogen-bond donors (Lipinski definition) is 2. The number of carbonyl (C=O) groups is 1. The van der Waals surface area contributed by atoms with Crippen LogP contribution in [0.4, 0.5) is 0 Å². The van der Waals surface area contributed by atoms with E-state index in [0.29, 0.717) is 12.8 Å². The molecule has 2 rings (SSSR count). The Morgan fingerprint density at radius 2 is 1.72 bits per heavy atom. The van der Waals surface area contributed by atoms with Gasteiger partial charge >= 0.3 is 5.97 Å². The van der Waals surface area contributed by atoms with E-state index in [1.54, 1.807) is 0 Å². The molecule has 6 heteroatoms. The van der Waals surface area contributed by atoms with Crippen molar-refractivity contribution in [2.24, 2.45) is 5.41 Å². The van der Waals surface area contributed by atoms with Crippen LogP contribution in [0, 0.1) is 5.41 Å². The lowest BCUT2D eigenvalue weighted by Crippen LogP contribution is -2.43. The Kier molecular flexibility index (Phi) is 3.44. The van der Waals surface area contributed by atoms with Crippen LogP contribution in [-0.2, 0) is 14.6 Å². The van der Waals surface area contributed by atoms with Crippen molar-refractivity contribution in [1.29, 1.82) is 0 Å². The van der Waals surface area contributed by atoms with Crippen LogP contribution in [-0.4, -0.2) is 41.7 Å². The highest BCUT2D eigenvalue weighted by Crippen LogP contribution is 2.44. The van der Waals surface area contributed by atoms with E-state index in [0.717, 1.165) is 19.3 Å². The average molecular weight is 276 g/mol. The zero-order valence-electron chi connectivity index (χ0n) is 10.4. The van der Waals surface area contributed by atoms with E-state index >= 15 is 0 Å². The molecule has 1 aliphatic carbocycles. The molecule has 0 spiro atoms. The normalized spacial score (nSPS) is 34.3. The van der Waals surface area contributed by atoms with Crippen molar-refractivity contribution in [2.75, 3.05) is 11.5 Å². The first-order chi connectivity index (χ1) is 8.27. The molecule has 18 heavy (non-hydrogen) atoms. The maximum Gasteiger partial charge on any atom is 0.310 e. The van der Waals surface area contributed by atoms with Crippen LogP contribution < -0.4 is 0 Å². The van der Waals surface area contributed by atoms with Crippen molar-refractivity contribution >= 4 is 15.8 Å². The van der Waals surface area contributed by atoms with Crippen LogP contribution in [0.3, 0.4) is 0 Å². The zero-order chi connectivity index (χ0) is 13.4. The van der Waals surface area contributed by atoms with Gasteiger partial charge in [-0.15, -0.1) is 0 Å². The summed E-state index contributed by atoms with van der Waals surface area (Å²) in [6.07, 6.45) is 4.21. The summed E-state index contributed by atoms with van der Waals surface area (Å²) in [4.78, 5) is 11.5. The summed E-state index contributed by atoms with van der Waals surface area (Å²) in [6, 6.07) is 0. The Hall–Kier alpha value is -0.620. The Balaban J connectivity index is 2.19. The van der Waals surface area contributed by atoms with Crippen LogP contribution in [0.1, 0.15) is 44.9 Å². The molecular weight excluding hydrogens is 256 g/mol. The van der Waals surface area contributed by atoms with Crippen molar-refractivity contribution in [3.05, 3.63) is 0 Å². The molecular formula is C12H20O5S. The maximum absolute atomic E-state index is 11.6. The molecule has 0 bridgehead atoms. The number of carboxylic acids is 1. The van der Waals surface area contributed by atoms with Crippen LogP contribution in [0.2, 0.25) is 0 Å². The molecule has 1 saturated heterocycles. The van der Waals surface area contributed by atoms with Gasteiger partial charge in [-0.05, 0) is 25.7 Å². The smallest absolute Gasteiger partial charge is 0.310 e. The van der Waals surface area contributed by atoms with Crippen LogP contribution in [0.5, 0.6) is 0 Å². The molecule has 5 nitrogen and oxygen atoms in total. The van der Waals surface area contributed by atoms with Crippen molar-refractivity contribution in [1.82, 2.24) is 0 Å². The topological polar surface area (TPSA) is 91.7 Å². The third kappa shape index (κ3) is 2.69. The molecule has 1 saturated carbocycles. The molecule has 2 fully saturated rings. The fraction of sp³-hybridized carbons (Fsp3) is 0.917. The van der Waals surface area contributed by atoms with Crippen LogP contribution in [0.25, 0.3) is 0 Å². The lowest BCUT2D eigenvalue weighted by atomic mass is 9.71. The van der Waals surface area contributed by atoms with Crippen LogP contribution in [0.15, 0.2) is 0 Å². The average Bonchev–Trinajstić information content (AvgIpc) is 2.55. The second-order valence-electron chi connectivity index (χ2n) is 5.89. The van der Waals surface area contributed by atoms with Gasteiger partial charge in [0.2, 0.25) is 0 Å². The van der Waals surface area contributed by atoms with Crippen molar-refractivity contribution in [3.63, 3.8) is 0 Å². The van der Waals surface area contributed by atoms with E-state index in [9.17, 15) is 23.4 Å². The van der Waals surface area contributed by atoms with E-state index in [4.69, 9.17) is 0 Å². The van der Waals surface area contributed by atoms with Gasteiger partial charge in [-0.25, -0.2) is 8.42 Å². The van der Waals surface area contributed by atoms with E-state index in [1.807, 2.05) is 0 Å². The van der Waals surface area contributed by atoms with E-state index in [1.165, 1.54) is 0 Å². The summed E-state index contributed by atoms with van der Waals surface area (Å²) in [5.74, 6) is -1.48. The molecule has 2 N–H and O–H groups in total. The number of aliphatic hydroxyl groups is 1. The Labute approximate surface area is 107 Å². The lowest BCUT2D eigenvalue weighted by Gasteiger charge is -2.37. The molecule has 1 aliphatic heterocycles. The Morgan fingerprint density at radius 1 is 1.11 bits per heavy atom. The molecule has 104 valence electrons. The fourth-order valence-electron chi connectivity index (χ4n) is 3.32. The summed E-state index contributed by atoms with van der Waals surface area (Å²) in [6.45, 7) is 0. The minimum atomic E-state index is -3.27. The van der Waals surface area contributed by atoms with Crippen molar-refractivity contribution < 1.29 is 23.4 Å². The zero-order valence-corrected chi connectivity index (χ0v) is 11.2. The minimum absolute atomic E-state index is 0.0740. The summed E-state index contributed by atoms with van der Waals surface area (Å²) in [5, 5.41) is 19.8. The molecule has 1 heterocycles. The molecule has 0 aromatic carbocycles. The van der Waals surface area contributed by atoms with Gasteiger partial charge in [-0.1, -0.05) is 19.3 Å². The molecule has 0 amide bonds. The molecule has 1 atom stereocenters. The van der Waals surface area contributed by atoms with Crippen LogP contribution >= 0.6 is 0 Å². The Morgan fingerprint density at radius 3 is 2.17 bits per heavy atom. The predicted octanol–water partition coefficient (Wildman–Crippen LogP) is 0.961. The lowest BCUT2D eigenvalue weighted by molar-refractivity contribution is -0.152. The Bertz CT molecular complexity index is 435. The number of hydrogen-bond acceptors (Lipinski definition) is 4. The third-order valence-corrected chi connectivity index (χ3v) is 6.11. The van der Waals surface area contributed by atoms with Gasteiger partial charge in [0.05, 0.1) is 22.5 Å². The quantitative estimate of drug-likeness (QED) is 0.801. The van der Waals surface area contributed by atoms with Crippen molar-refractivity contribution in [3.8, 4) is 0 Å². The minimum Gasteiger partial charge on any atom is -0.481 e. The SMILES string of the molecule is O=C(O)C1(CC2(O)CCCCC2)CCS(=O)(=O)C1. The molecule has 2 aliphatic rings. The van der Waals surface area contributed by atoms with E-state index < -0.39 is 26.8 Å². The number of carboxylic acid groups (broad SMARTS) is 1. The maximum atomic E-state index is 11.6. The van der Waals surface area contributed by atoms with Gasteiger partial charge in [0.1, 0.15) is 0 Å². The first kappa shape index (κ1) is 13.8. The highest BCUT2D eigenvalue weighted by atomic mass is 32.2. The molecule has 0 radical (unpaired) electrons. The summed E-state index contributed by atoms with van der Waals surface area (Å²) in [5.41, 5.74) is -2.26. The standard InChI is InChI=1S/C12H20O5S/c13-10(14)11(6-7-18(16,17)9-11)8-12(15)4-2-1-3-5-12/h15H,1-9H2,(H,13,14). The highest BCUT2D eigenvalue weighted by Gasteiger charge is 2.52. The number of sulfone groups is 1. The van der Waals surface area contributed by atoms with Gasteiger partial charge in [-0.3, -0.25) is 4.79 Å². The van der Waals surface area contributed by atoms with Gasteiger partial charge in [-0.2, -0.15) is 0 Å².